The maximum atomic E-state index is 13.0. The van der Waals surface area contributed by atoms with E-state index in [-0.39, 0.29) is 11.8 Å². The van der Waals surface area contributed by atoms with Gasteiger partial charge in [-0.05, 0) is 73.1 Å². The number of benzene rings is 2. The average Bonchev–Trinajstić information content (AvgIpc) is 3.20. The first-order valence-corrected chi connectivity index (χ1v) is 11.9. The van der Waals surface area contributed by atoms with Crippen molar-refractivity contribution in [3.8, 4) is 0 Å². The van der Waals surface area contributed by atoms with E-state index in [1.165, 1.54) is 9.87 Å². The van der Waals surface area contributed by atoms with E-state index in [1.54, 1.807) is 12.1 Å². The molecule has 5 nitrogen and oxygen atoms in total. The van der Waals surface area contributed by atoms with E-state index in [2.05, 4.69) is 5.32 Å². The van der Waals surface area contributed by atoms with Crippen LogP contribution in [0.1, 0.15) is 36.0 Å². The van der Waals surface area contributed by atoms with Crippen LogP contribution < -0.4 is 5.32 Å². The van der Waals surface area contributed by atoms with E-state index in [9.17, 15) is 13.2 Å². The van der Waals surface area contributed by atoms with Crippen LogP contribution in [0.3, 0.4) is 0 Å². The Bertz CT molecular complexity index is 1010. The summed E-state index contributed by atoms with van der Waals surface area (Å²) in [6, 6.07) is 12.9. The van der Waals surface area contributed by atoms with E-state index in [0.29, 0.717) is 42.4 Å². The van der Waals surface area contributed by atoms with E-state index < -0.39 is 10.0 Å². The second kappa shape index (κ2) is 8.46. The molecule has 1 amide bonds. The zero-order chi connectivity index (χ0) is 20.4. The van der Waals surface area contributed by atoms with Gasteiger partial charge in [-0.2, -0.15) is 4.31 Å². The monoisotopic (exact) mass is 432 g/mol. The Balaban J connectivity index is 1.34. The van der Waals surface area contributed by atoms with Gasteiger partial charge in [0.1, 0.15) is 0 Å². The number of amides is 1. The highest BCUT2D eigenvalue weighted by Crippen LogP contribution is 2.28. The maximum absolute atomic E-state index is 13.0. The van der Waals surface area contributed by atoms with E-state index >= 15 is 0 Å². The molecule has 0 radical (unpaired) electrons. The fourth-order valence-electron chi connectivity index (χ4n) is 4.20. The van der Waals surface area contributed by atoms with Crippen molar-refractivity contribution in [2.45, 2.75) is 43.5 Å². The fourth-order valence-corrected chi connectivity index (χ4v) is 5.93. The van der Waals surface area contributed by atoms with Crippen LogP contribution in [0.4, 0.5) is 0 Å². The van der Waals surface area contributed by atoms with Gasteiger partial charge in [-0.15, -0.1) is 0 Å². The number of nitrogens with zero attached hydrogens (tertiary/aromatic N) is 1. The van der Waals surface area contributed by atoms with Crippen LogP contribution >= 0.6 is 11.6 Å². The van der Waals surface area contributed by atoms with E-state index in [1.807, 2.05) is 30.3 Å². The fraction of sp³-hybridized carbons (Fsp3) is 0.409. The van der Waals surface area contributed by atoms with Gasteiger partial charge in [0.15, 0.2) is 0 Å². The molecule has 2 aromatic rings. The second-order valence-corrected chi connectivity index (χ2v) is 10.2. The zero-order valence-corrected chi connectivity index (χ0v) is 17.8. The molecule has 29 heavy (non-hydrogen) atoms. The molecule has 2 aliphatic rings. The Morgan fingerprint density at radius 1 is 1.07 bits per heavy atom. The number of sulfonamides is 1. The van der Waals surface area contributed by atoms with Gasteiger partial charge in [-0.25, -0.2) is 8.42 Å². The minimum atomic E-state index is -3.51. The molecule has 7 heteroatoms. The molecule has 0 atom stereocenters. The number of nitrogens with one attached hydrogen (secondary N) is 1. The van der Waals surface area contributed by atoms with Gasteiger partial charge in [0.25, 0.3) is 0 Å². The third-order valence-electron chi connectivity index (χ3n) is 5.89. The maximum Gasteiger partial charge on any atom is 0.243 e. The summed E-state index contributed by atoms with van der Waals surface area (Å²) in [6.07, 6.45) is 4.14. The third kappa shape index (κ3) is 4.49. The molecule has 0 saturated carbocycles. The smallest absolute Gasteiger partial charge is 0.243 e. The molecule has 1 N–H and O–H groups in total. The number of piperidine rings is 1. The van der Waals surface area contributed by atoms with Gasteiger partial charge in [0.05, 0.1) is 4.90 Å². The van der Waals surface area contributed by atoms with Crippen molar-refractivity contribution in [1.29, 1.82) is 0 Å². The topological polar surface area (TPSA) is 66.5 Å². The van der Waals surface area contributed by atoms with Crippen molar-refractivity contribution < 1.29 is 13.2 Å². The Morgan fingerprint density at radius 3 is 2.59 bits per heavy atom. The van der Waals surface area contributed by atoms with Gasteiger partial charge < -0.3 is 5.32 Å². The van der Waals surface area contributed by atoms with Crippen molar-refractivity contribution in [1.82, 2.24) is 9.62 Å². The Morgan fingerprint density at radius 2 is 1.83 bits per heavy atom. The first-order chi connectivity index (χ1) is 13.9. The molecule has 2 aromatic carbocycles. The summed E-state index contributed by atoms with van der Waals surface area (Å²) in [5.74, 6) is -0.194. The minimum Gasteiger partial charge on any atom is -0.352 e. The highest BCUT2D eigenvalue weighted by Gasteiger charge is 2.32. The van der Waals surface area contributed by atoms with Crippen molar-refractivity contribution in [3.05, 3.63) is 64.2 Å². The lowest BCUT2D eigenvalue weighted by atomic mass is 9.97. The lowest BCUT2D eigenvalue weighted by Crippen LogP contribution is -2.42. The van der Waals surface area contributed by atoms with Gasteiger partial charge in [0.2, 0.25) is 15.9 Å². The standard InChI is InChI=1S/C22H25ClN2O3S/c23-20-6-1-3-16(13-20)15-24-22(26)18-9-11-25(12-10-18)29(27,28)21-8-7-17-4-2-5-19(17)14-21/h1,3,6-8,13-14,18H,2,4-5,9-12,15H2,(H,24,26). The molecule has 0 aromatic heterocycles. The summed E-state index contributed by atoms with van der Waals surface area (Å²) in [7, 11) is -3.51. The predicted molar refractivity (Wildman–Crippen MR) is 113 cm³/mol. The van der Waals surface area contributed by atoms with Gasteiger partial charge >= 0.3 is 0 Å². The summed E-state index contributed by atoms with van der Waals surface area (Å²) in [4.78, 5) is 12.9. The first-order valence-electron chi connectivity index (χ1n) is 10.1. The molecule has 1 aliphatic heterocycles. The molecule has 154 valence electrons. The molecular weight excluding hydrogens is 408 g/mol. The van der Waals surface area contributed by atoms with Gasteiger partial charge in [-0.1, -0.05) is 29.8 Å². The largest absolute Gasteiger partial charge is 0.352 e. The molecular formula is C22H25ClN2O3S. The number of hydrogen-bond acceptors (Lipinski definition) is 3. The van der Waals surface area contributed by atoms with E-state index in [4.69, 9.17) is 11.6 Å². The van der Waals surface area contributed by atoms with Crippen molar-refractivity contribution in [3.63, 3.8) is 0 Å². The molecule has 0 bridgehead atoms. The molecule has 4 rings (SSSR count). The highest BCUT2D eigenvalue weighted by molar-refractivity contribution is 7.89. The van der Waals surface area contributed by atoms with Gasteiger partial charge in [-0.3, -0.25) is 4.79 Å². The predicted octanol–water partition coefficient (Wildman–Crippen LogP) is 3.55. The van der Waals surface area contributed by atoms with Crippen LogP contribution in [0.5, 0.6) is 0 Å². The molecule has 1 heterocycles. The number of fused-ring (bicyclic) bond motifs is 1. The lowest BCUT2D eigenvalue weighted by molar-refractivity contribution is -0.126. The molecule has 0 spiro atoms. The van der Waals surface area contributed by atoms with Crippen LogP contribution in [-0.2, 0) is 34.2 Å². The summed E-state index contributed by atoms with van der Waals surface area (Å²) < 4.78 is 27.6. The van der Waals surface area contributed by atoms with Crippen molar-refractivity contribution in [2.75, 3.05) is 13.1 Å². The van der Waals surface area contributed by atoms with Crippen LogP contribution in [0.25, 0.3) is 0 Å². The Hall–Kier alpha value is -1.89. The summed E-state index contributed by atoms with van der Waals surface area (Å²) in [5, 5.41) is 3.58. The van der Waals surface area contributed by atoms with Crippen molar-refractivity contribution in [2.24, 2.45) is 5.92 Å². The molecule has 0 unspecified atom stereocenters. The van der Waals surface area contributed by atoms with Crippen LogP contribution in [0.2, 0.25) is 5.02 Å². The number of hydrogen-bond donors (Lipinski definition) is 1. The number of aryl methyl sites for hydroxylation is 2. The van der Waals surface area contributed by atoms with Crippen LogP contribution in [-0.4, -0.2) is 31.7 Å². The Labute approximate surface area is 177 Å². The lowest BCUT2D eigenvalue weighted by Gasteiger charge is -2.30. The summed E-state index contributed by atoms with van der Waals surface area (Å²) >= 11 is 5.97. The summed E-state index contributed by atoms with van der Waals surface area (Å²) in [5.41, 5.74) is 3.36. The highest BCUT2D eigenvalue weighted by atomic mass is 35.5. The third-order valence-corrected chi connectivity index (χ3v) is 8.02. The SMILES string of the molecule is O=C(NCc1cccc(Cl)c1)C1CCN(S(=O)(=O)c2ccc3c(c2)CCC3)CC1. The van der Waals surface area contributed by atoms with E-state index in [0.717, 1.165) is 30.4 Å². The molecule has 1 aliphatic carbocycles. The van der Waals surface area contributed by atoms with Crippen molar-refractivity contribution >= 4 is 27.5 Å². The number of halogens is 1. The normalized spacial score (nSPS) is 17.8. The summed E-state index contributed by atoms with van der Waals surface area (Å²) in [6.45, 7) is 1.16. The molecule has 1 fully saturated rings. The zero-order valence-electron chi connectivity index (χ0n) is 16.2. The first kappa shape index (κ1) is 20.4. The Kier molecular flexibility index (Phi) is 5.95. The number of rotatable bonds is 5. The van der Waals surface area contributed by atoms with Crippen LogP contribution in [0.15, 0.2) is 47.4 Å². The number of carbonyl (C=O) groups excluding carboxylic acids is 1. The second-order valence-electron chi connectivity index (χ2n) is 7.81. The van der Waals surface area contributed by atoms with Gasteiger partial charge in [0, 0.05) is 30.6 Å². The quantitative estimate of drug-likeness (QED) is 0.785. The van der Waals surface area contributed by atoms with Crippen LogP contribution in [0, 0.1) is 5.92 Å². The molecule has 1 saturated heterocycles. The average molecular weight is 433 g/mol. The minimum absolute atomic E-state index is 0.0282. The number of carbonyl (C=O) groups is 1.